The average Bonchev–Trinajstić information content (AvgIpc) is 2.33. The van der Waals surface area contributed by atoms with Crippen molar-refractivity contribution < 1.29 is 4.74 Å². The van der Waals surface area contributed by atoms with Crippen LogP contribution in [0.4, 0.5) is 11.4 Å². The Morgan fingerprint density at radius 1 is 1.25 bits per heavy atom. The van der Waals surface area contributed by atoms with Gasteiger partial charge in [0.05, 0.1) is 23.2 Å². The highest BCUT2D eigenvalue weighted by molar-refractivity contribution is 5.65. The quantitative estimate of drug-likeness (QED) is 0.800. The molecule has 1 aliphatic carbocycles. The summed E-state index contributed by atoms with van der Waals surface area (Å²) in [7, 11) is 1.78. The highest BCUT2D eigenvalue weighted by Gasteiger charge is 2.24. The zero-order chi connectivity index (χ0) is 11.5. The van der Waals surface area contributed by atoms with Crippen molar-refractivity contribution in [2.24, 2.45) is 0 Å². The summed E-state index contributed by atoms with van der Waals surface area (Å²) in [6.45, 7) is 0. The number of aromatic nitrogens is 1. The van der Waals surface area contributed by atoms with E-state index < -0.39 is 0 Å². The second kappa shape index (κ2) is 4.70. The van der Waals surface area contributed by atoms with Gasteiger partial charge in [-0.3, -0.25) is 4.98 Å². The van der Waals surface area contributed by atoms with E-state index in [1.54, 1.807) is 19.4 Å². The summed E-state index contributed by atoms with van der Waals surface area (Å²) in [5, 5.41) is 0. The molecule has 1 aromatic rings. The van der Waals surface area contributed by atoms with Gasteiger partial charge in [-0.15, -0.1) is 0 Å². The minimum absolute atomic E-state index is 0.401. The van der Waals surface area contributed by atoms with E-state index in [2.05, 4.69) is 4.98 Å². The molecule has 0 spiro atoms. The summed E-state index contributed by atoms with van der Waals surface area (Å²) in [5.41, 5.74) is 14.0. The molecular weight excluding hydrogens is 202 g/mol. The number of rotatable bonds is 2. The van der Waals surface area contributed by atoms with Crippen LogP contribution in [0.25, 0.3) is 0 Å². The molecule has 0 saturated heterocycles. The first-order valence-corrected chi connectivity index (χ1v) is 5.75. The minimum Gasteiger partial charge on any atom is -0.397 e. The third-order valence-corrected chi connectivity index (χ3v) is 3.45. The van der Waals surface area contributed by atoms with Crippen molar-refractivity contribution in [1.82, 2.24) is 4.98 Å². The van der Waals surface area contributed by atoms with Crippen LogP contribution in [0.1, 0.15) is 37.3 Å². The number of hydrogen-bond acceptors (Lipinski definition) is 4. The van der Waals surface area contributed by atoms with E-state index in [4.69, 9.17) is 16.2 Å². The molecule has 1 saturated carbocycles. The van der Waals surface area contributed by atoms with Crippen molar-refractivity contribution in [1.29, 1.82) is 0 Å². The number of ether oxygens (including phenoxy) is 1. The Morgan fingerprint density at radius 3 is 2.56 bits per heavy atom. The van der Waals surface area contributed by atoms with Gasteiger partial charge >= 0.3 is 0 Å². The molecule has 0 radical (unpaired) electrons. The highest BCUT2D eigenvalue weighted by atomic mass is 16.5. The van der Waals surface area contributed by atoms with Gasteiger partial charge in [-0.1, -0.05) is 0 Å². The van der Waals surface area contributed by atoms with E-state index in [1.165, 1.54) is 0 Å². The maximum atomic E-state index is 5.96. The lowest BCUT2D eigenvalue weighted by Gasteiger charge is -2.27. The molecule has 1 heterocycles. The van der Waals surface area contributed by atoms with Gasteiger partial charge in [0.15, 0.2) is 0 Å². The predicted molar refractivity (Wildman–Crippen MR) is 65.1 cm³/mol. The molecule has 4 N–H and O–H groups in total. The Balaban J connectivity index is 2.11. The van der Waals surface area contributed by atoms with Crippen LogP contribution in [0.15, 0.2) is 12.3 Å². The van der Waals surface area contributed by atoms with Crippen LogP contribution < -0.4 is 11.5 Å². The van der Waals surface area contributed by atoms with Gasteiger partial charge < -0.3 is 16.2 Å². The van der Waals surface area contributed by atoms with E-state index in [0.717, 1.165) is 31.4 Å². The first-order chi connectivity index (χ1) is 7.72. The molecule has 1 aliphatic rings. The molecule has 2 rings (SSSR count). The van der Waals surface area contributed by atoms with Gasteiger partial charge in [0.2, 0.25) is 0 Å². The lowest BCUT2D eigenvalue weighted by atomic mass is 9.84. The van der Waals surface area contributed by atoms with E-state index >= 15 is 0 Å². The van der Waals surface area contributed by atoms with Crippen LogP contribution in [-0.2, 0) is 4.74 Å². The molecule has 0 atom stereocenters. The van der Waals surface area contributed by atoms with Crippen molar-refractivity contribution >= 4 is 11.4 Å². The smallest absolute Gasteiger partial charge is 0.0769 e. The topological polar surface area (TPSA) is 74.2 Å². The standard InChI is InChI=1S/C12H19N3O/c1-16-9-4-2-8(3-5-9)12-11(14)10(13)6-7-15-12/h6-9H,2-5,14H2,1H3,(H2,13,15). The van der Waals surface area contributed by atoms with Gasteiger partial charge in [-0.2, -0.15) is 0 Å². The summed E-state index contributed by atoms with van der Waals surface area (Å²) in [4.78, 5) is 4.37. The summed E-state index contributed by atoms with van der Waals surface area (Å²) < 4.78 is 5.35. The third kappa shape index (κ3) is 2.11. The largest absolute Gasteiger partial charge is 0.397 e. The van der Waals surface area contributed by atoms with E-state index in [9.17, 15) is 0 Å². The van der Waals surface area contributed by atoms with Gasteiger partial charge in [0.1, 0.15) is 0 Å². The molecule has 1 fully saturated rings. The number of nitrogens with zero attached hydrogens (tertiary/aromatic N) is 1. The van der Waals surface area contributed by atoms with Crippen LogP contribution in [-0.4, -0.2) is 18.2 Å². The Hall–Kier alpha value is -1.29. The van der Waals surface area contributed by atoms with Crippen molar-refractivity contribution in [2.75, 3.05) is 18.6 Å². The van der Waals surface area contributed by atoms with Gasteiger partial charge in [0.25, 0.3) is 0 Å². The molecule has 16 heavy (non-hydrogen) atoms. The molecule has 88 valence electrons. The summed E-state index contributed by atoms with van der Waals surface area (Å²) in [6, 6.07) is 1.75. The number of anilines is 2. The van der Waals surface area contributed by atoms with Crippen LogP contribution in [0, 0.1) is 0 Å². The molecule has 0 bridgehead atoms. The molecule has 4 nitrogen and oxygen atoms in total. The maximum Gasteiger partial charge on any atom is 0.0769 e. The molecule has 1 aromatic heterocycles. The Bertz CT molecular complexity index is 359. The van der Waals surface area contributed by atoms with Crippen molar-refractivity contribution in [3.63, 3.8) is 0 Å². The second-order valence-corrected chi connectivity index (χ2v) is 4.41. The molecular formula is C12H19N3O. The molecule has 0 aromatic carbocycles. The third-order valence-electron chi connectivity index (χ3n) is 3.45. The molecule has 0 unspecified atom stereocenters. The van der Waals surface area contributed by atoms with E-state index in [-0.39, 0.29) is 0 Å². The predicted octanol–water partition coefficient (Wildman–Crippen LogP) is 1.92. The number of nitrogen functional groups attached to an aromatic ring is 2. The molecule has 0 aliphatic heterocycles. The molecule has 0 amide bonds. The Kier molecular flexibility index (Phi) is 3.29. The number of methoxy groups -OCH3 is 1. The van der Waals surface area contributed by atoms with E-state index in [0.29, 0.717) is 23.4 Å². The number of hydrogen-bond donors (Lipinski definition) is 2. The van der Waals surface area contributed by atoms with Gasteiger partial charge in [-0.25, -0.2) is 0 Å². The summed E-state index contributed by atoms with van der Waals surface area (Å²) in [5.74, 6) is 0.440. The van der Waals surface area contributed by atoms with Crippen LogP contribution >= 0.6 is 0 Å². The fraction of sp³-hybridized carbons (Fsp3) is 0.583. The second-order valence-electron chi connectivity index (χ2n) is 4.41. The Morgan fingerprint density at radius 2 is 1.94 bits per heavy atom. The number of nitrogens with two attached hydrogens (primary N) is 2. The van der Waals surface area contributed by atoms with Crippen LogP contribution in [0.5, 0.6) is 0 Å². The SMILES string of the molecule is COC1CCC(c2nccc(N)c2N)CC1. The first-order valence-electron chi connectivity index (χ1n) is 5.75. The summed E-state index contributed by atoms with van der Waals surface area (Å²) >= 11 is 0. The van der Waals surface area contributed by atoms with Crippen LogP contribution in [0.2, 0.25) is 0 Å². The zero-order valence-corrected chi connectivity index (χ0v) is 9.65. The highest BCUT2D eigenvalue weighted by Crippen LogP contribution is 2.36. The van der Waals surface area contributed by atoms with Gasteiger partial charge in [0, 0.05) is 19.2 Å². The first kappa shape index (κ1) is 11.2. The summed E-state index contributed by atoms with van der Waals surface area (Å²) in [6.07, 6.45) is 6.47. The number of pyridine rings is 1. The minimum atomic E-state index is 0.401. The zero-order valence-electron chi connectivity index (χ0n) is 9.65. The van der Waals surface area contributed by atoms with Crippen molar-refractivity contribution in [2.45, 2.75) is 37.7 Å². The van der Waals surface area contributed by atoms with Gasteiger partial charge in [-0.05, 0) is 31.7 Å². The fourth-order valence-corrected chi connectivity index (χ4v) is 2.40. The van der Waals surface area contributed by atoms with Crippen molar-refractivity contribution in [3.05, 3.63) is 18.0 Å². The lowest BCUT2D eigenvalue weighted by molar-refractivity contribution is 0.0656. The normalized spacial score (nSPS) is 25.6. The fourth-order valence-electron chi connectivity index (χ4n) is 2.40. The maximum absolute atomic E-state index is 5.96. The monoisotopic (exact) mass is 221 g/mol. The van der Waals surface area contributed by atoms with E-state index in [1.807, 2.05) is 0 Å². The average molecular weight is 221 g/mol. The van der Waals surface area contributed by atoms with Crippen molar-refractivity contribution in [3.8, 4) is 0 Å². The molecule has 4 heteroatoms. The lowest BCUT2D eigenvalue weighted by Crippen LogP contribution is -2.20. The van der Waals surface area contributed by atoms with Crippen LogP contribution in [0.3, 0.4) is 0 Å². The Labute approximate surface area is 96.0 Å².